The molecule has 0 aliphatic carbocycles. The molecular formula is C19H24F2N4O2S. The van der Waals surface area contributed by atoms with Crippen molar-refractivity contribution in [2.45, 2.75) is 46.6 Å². The van der Waals surface area contributed by atoms with E-state index < -0.39 is 29.0 Å². The van der Waals surface area contributed by atoms with Crippen LogP contribution in [0.5, 0.6) is 0 Å². The van der Waals surface area contributed by atoms with E-state index in [1.54, 1.807) is 27.7 Å². The van der Waals surface area contributed by atoms with E-state index in [0.717, 1.165) is 17.8 Å². The molecule has 6 nitrogen and oxygen atoms in total. The van der Waals surface area contributed by atoms with E-state index in [0.29, 0.717) is 17.0 Å². The van der Waals surface area contributed by atoms with E-state index in [2.05, 4.69) is 15.4 Å². The highest BCUT2D eigenvalue weighted by atomic mass is 32.1. The van der Waals surface area contributed by atoms with Crippen molar-refractivity contribution in [3.8, 4) is 0 Å². The molecule has 0 saturated heterocycles. The van der Waals surface area contributed by atoms with Crippen LogP contribution < -0.4 is 5.43 Å². The first-order chi connectivity index (χ1) is 13.1. The van der Waals surface area contributed by atoms with Crippen LogP contribution in [0.15, 0.2) is 28.8 Å². The summed E-state index contributed by atoms with van der Waals surface area (Å²) in [6, 6.07) is 1.22. The molecule has 0 bridgehead atoms. The fourth-order valence-corrected chi connectivity index (χ4v) is 2.93. The fraction of sp³-hybridized carbons (Fsp3) is 0.421. The lowest BCUT2D eigenvalue weighted by molar-refractivity contribution is 0.0177. The van der Waals surface area contributed by atoms with Gasteiger partial charge in [0.25, 0.3) is 0 Å². The van der Waals surface area contributed by atoms with Gasteiger partial charge in [-0.1, -0.05) is 6.92 Å². The number of halogens is 2. The maximum atomic E-state index is 14.4. The maximum Gasteiger partial charge on any atom is 0.429 e. The molecule has 1 aromatic heterocycles. The molecule has 1 amide bonds. The lowest BCUT2D eigenvalue weighted by atomic mass is 10.2. The van der Waals surface area contributed by atoms with Gasteiger partial charge in [-0.3, -0.25) is 0 Å². The Morgan fingerprint density at radius 3 is 2.79 bits per heavy atom. The van der Waals surface area contributed by atoms with Gasteiger partial charge in [-0.2, -0.15) is 0 Å². The number of nitrogens with one attached hydrogen (secondary N) is 1. The molecule has 2 rings (SSSR count). The van der Waals surface area contributed by atoms with E-state index in [9.17, 15) is 13.6 Å². The molecule has 152 valence electrons. The molecule has 0 atom stereocenters. The highest BCUT2D eigenvalue weighted by Crippen LogP contribution is 2.31. The molecule has 0 aliphatic rings. The van der Waals surface area contributed by atoms with Crippen LogP contribution >= 0.6 is 11.3 Å². The second-order valence-corrected chi connectivity index (χ2v) is 7.95. The van der Waals surface area contributed by atoms with Crippen molar-refractivity contribution in [2.24, 2.45) is 4.99 Å². The first-order valence-corrected chi connectivity index (χ1v) is 9.70. The summed E-state index contributed by atoms with van der Waals surface area (Å²) < 4.78 is 34.3. The number of hydrazine groups is 1. The quantitative estimate of drug-likeness (QED) is 0.516. The van der Waals surface area contributed by atoms with Crippen molar-refractivity contribution in [2.75, 3.05) is 6.54 Å². The van der Waals surface area contributed by atoms with Crippen molar-refractivity contribution >= 4 is 39.0 Å². The second kappa shape index (κ2) is 9.09. The number of ether oxygens (including phenoxy) is 1. The molecular weight excluding hydrogens is 386 g/mol. The largest absolute Gasteiger partial charge is 0.442 e. The minimum Gasteiger partial charge on any atom is -0.442 e. The number of hydrogen-bond acceptors (Lipinski definition) is 6. The van der Waals surface area contributed by atoms with Crippen molar-refractivity contribution in [3.63, 3.8) is 0 Å². The molecule has 9 heteroatoms. The van der Waals surface area contributed by atoms with E-state index in [-0.39, 0.29) is 5.52 Å². The van der Waals surface area contributed by atoms with Crippen molar-refractivity contribution in [1.82, 2.24) is 15.4 Å². The van der Waals surface area contributed by atoms with E-state index >= 15 is 0 Å². The van der Waals surface area contributed by atoms with Gasteiger partial charge in [0.1, 0.15) is 16.8 Å². The Labute approximate surface area is 166 Å². The third-order valence-corrected chi connectivity index (χ3v) is 4.17. The number of carbonyl (C=O) groups excluding carboxylic acids is 1. The van der Waals surface area contributed by atoms with Crippen LogP contribution in [-0.2, 0) is 4.74 Å². The minimum absolute atomic E-state index is 0.0964. The SMILES string of the molecule is CCCN(NC=CC(C)=Nc1c(F)cc2scnc2c1F)C(=O)OC(C)(C)C. The number of fused-ring (bicyclic) bond motifs is 1. The predicted molar refractivity (Wildman–Crippen MR) is 108 cm³/mol. The number of aliphatic imine (C=N–C) groups is 1. The number of aromatic nitrogens is 1. The molecule has 1 heterocycles. The zero-order valence-electron chi connectivity index (χ0n) is 16.5. The Kier molecular flexibility index (Phi) is 7.06. The van der Waals surface area contributed by atoms with Gasteiger partial charge in [0, 0.05) is 18.5 Å². The Bertz CT molecular complexity index is 903. The normalized spacial score (nSPS) is 12.6. The lowest BCUT2D eigenvalue weighted by Crippen LogP contribution is -2.43. The molecule has 1 aromatic carbocycles. The van der Waals surface area contributed by atoms with Gasteiger partial charge in [-0.25, -0.2) is 28.6 Å². The van der Waals surface area contributed by atoms with Crippen LogP contribution in [0.25, 0.3) is 10.2 Å². The van der Waals surface area contributed by atoms with E-state index in [1.807, 2.05) is 6.92 Å². The Balaban J connectivity index is 2.13. The summed E-state index contributed by atoms with van der Waals surface area (Å²) in [5.74, 6) is -1.55. The van der Waals surface area contributed by atoms with Gasteiger partial charge < -0.3 is 10.2 Å². The van der Waals surface area contributed by atoms with Crippen LogP contribution in [0.2, 0.25) is 0 Å². The number of nitrogens with zero attached hydrogens (tertiary/aromatic N) is 3. The van der Waals surface area contributed by atoms with Crippen molar-refractivity contribution in [3.05, 3.63) is 35.5 Å². The number of allylic oxidation sites excluding steroid dienone is 1. The van der Waals surface area contributed by atoms with Crippen molar-refractivity contribution < 1.29 is 18.3 Å². The van der Waals surface area contributed by atoms with Gasteiger partial charge >= 0.3 is 6.09 Å². The first kappa shape index (κ1) is 21.7. The molecule has 1 N–H and O–H groups in total. The molecule has 28 heavy (non-hydrogen) atoms. The Morgan fingerprint density at radius 2 is 2.14 bits per heavy atom. The zero-order chi connectivity index (χ0) is 20.9. The number of carbonyl (C=O) groups is 1. The van der Waals surface area contributed by atoms with E-state index in [1.165, 1.54) is 28.9 Å². The maximum absolute atomic E-state index is 14.4. The molecule has 2 aromatic rings. The molecule has 0 unspecified atom stereocenters. The first-order valence-electron chi connectivity index (χ1n) is 8.82. The average molecular weight is 410 g/mol. The topological polar surface area (TPSA) is 66.8 Å². The van der Waals surface area contributed by atoms with Gasteiger partial charge in [0.15, 0.2) is 11.6 Å². The number of amides is 1. The Hall–Kier alpha value is -2.55. The van der Waals surface area contributed by atoms with Crippen LogP contribution in [0.1, 0.15) is 41.0 Å². The molecule has 0 saturated carbocycles. The number of hydrogen-bond donors (Lipinski definition) is 1. The highest BCUT2D eigenvalue weighted by molar-refractivity contribution is 7.16. The summed E-state index contributed by atoms with van der Waals surface area (Å²) in [4.78, 5) is 20.1. The molecule has 0 spiro atoms. The summed E-state index contributed by atoms with van der Waals surface area (Å²) >= 11 is 1.16. The number of rotatable bonds is 6. The van der Waals surface area contributed by atoms with Gasteiger partial charge in [-0.05, 0) is 46.3 Å². The number of thiazole rings is 1. The third-order valence-electron chi connectivity index (χ3n) is 3.40. The van der Waals surface area contributed by atoms with Gasteiger partial charge in [0.2, 0.25) is 0 Å². The van der Waals surface area contributed by atoms with E-state index in [4.69, 9.17) is 4.74 Å². The number of benzene rings is 1. The average Bonchev–Trinajstić information content (AvgIpc) is 3.04. The lowest BCUT2D eigenvalue weighted by Gasteiger charge is -2.26. The van der Waals surface area contributed by atoms with Crippen LogP contribution in [0, 0.1) is 11.6 Å². The summed E-state index contributed by atoms with van der Waals surface area (Å²) in [5, 5.41) is 1.32. The van der Waals surface area contributed by atoms with Crippen LogP contribution in [0.4, 0.5) is 19.3 Å². The molecule has 0 aliphatic heterocycles. The summed E-state index contributed by atoms with van der Waals surface area (Å²) in [6.07, 6.45) is 3.18. The predicted octanol–water partition coefficient (Wildman–Crippen LogP) is 5.33. The monoisotopic (exact) mass is 410 g/mol. The third kappa shape index (κ3) is 5.72. The second-order valence-electron chi connectivity index (χ2n) is 7.07. The summed E-state index contributed by atoms with van der Waals surface area (Å²) in [5.41, 5.74) is 3.71. The molecule has 0 fully saturated rings. The van der Waals surface area contributed by atoms with Crippen LogP contribution in [0.3, 0.4) is 0 Å². The standard InChI is InChI=1S/C19H24F2N4O2S/c1-6-9-25(18(26)27-19(3,4)5)23-8-7-12(2)24-16-13(20)10-14-17(15(16)21)22-11-28-14/h7-8,10-11,23H,6,9H2,1-5H3. The van der Waals surface area contributed by atoms with Gasteiger partial charge in [-0.15, -0.1) is 11.3 Å². The fourth-order valence-electron chi connectivity index (χ4n) is 2.24. The van der Waals surface area contributed by atoms with Gasteiger partial charge in [0.05, 0.1) is 10.2 Å². The Morgan fingerprint density at radius 1 is 1.43 bits per heavy atom. The highest BCUT2D eigenvalue weighted by Gasteiger charge is 2.21. The summed E-state index contributed by atoms with van der Waals surface area (Å²) in [6.45, 7) is 9.30. The molecule has 0 radical (unpaired) electrons. The smallest absolute Gasteiger partial charge is 0.429 e. The minimum atomic E-state index is -0.793. The van der Waals surface area contributed by atoms with Crippen molar-refractivity contribution in [1.29, 1.82) is 0 Å². The van der Waals surface area contributed by atoms with Crippen LogP contribution in [-0.4, -0.2) is 33.9 Å². The zero-order valence-corrected chi connectivity index (χ0v) is 17.4. The summed E-state index contributed by atoms with van der Waals surface area (Å²) in [7, 11) is 0.